The van der Waals surface area contributed by atoms with Gasteiger partial charge in [-0.05, 0) is 46.7 Å². The molecule has 4 atom stereocenters. The third kappa shape index (κ3) is 8.06. The van der Waals surface area contributed by atoms with Gasteiger partial charge in [0, 0.05) is 13.0 Å². The number of ether oxygens (including phenoxy) is 2. The maximum Gasteiger partial charge on any atom is 0.261 e. The second-order valence-corrected chi connectivity index (χ2v) is 16.4. The Morgan fingerprint density at radius 3 is 1.98 bits per heavy atom. The van der Waals surface area contributed by atoms with E-state index in [1.54, 1.807) is 0 Å². The van der Waals surface area contributed by atoms with Gasteiger partial charge in [-0.1, -0.05) is 131 Å². The van der Waals surface area contributed by atoms with Gasteiger partial charge in [0.25, 0.3) is 8.32 Å². The Morgan fingerprint density at radius 1 is 0.878 bits per heavy atom. The van der Waals surface area contributed by atoms with E-state index in [1.807, 2.05) is 18.2 Å². The molecule has 0 radical (unpaired) electrons. The van der Waals surface area contributed by atoms with Crippen molar-refractivity contribution in [1.29, 1.82) is 0 Å². The lowest BCUT2D eigenvalue weighted by molar-refractivity contribution is -0.202. The highest BCUT2D eigenvalue weighted by atomic mass is 28.4. The molecule has 1 unspecified atom stereocenters. The van der Waals surface area contributed by atoms with Crippen LogP contribution in [0.2, 0.25) is 5.04 Å². The summed E-state index contributed by atoms with van der Waals surface area (Å²) in [6.45, 7) is 10.3. The van der Waals surface area contributed by atoms with E-state index >= 15 is 0 Å². The molecule has 220 valence electrons. The van der Waals surface area contributed by atoms with Crippen LogP contribution in [0.15, 0.2) is 103 Å². The Kier molecular flexibility index (Phi) is 11.5. The van der Waals surface area contributed by atoms with E-state index in [4.69, 9.17) is 13.9 Å². The van der Waals surface area contributed by atoms with Crippen LogP contribution in [0.3, 0.4) is 0 Å². The van der Waals surface area contributed by atoms with Crippen molar-refractivity contribution in [2.45, 2.75) is 95.9 Å². The minimum Gasteiger partial charge on any atom is -0.402 e. The average Bonchev–Trinajstić information content (AvgIpc) is 2.95. The second-order valence-electron chi connectivity index (χ2n) is 12.1. The van der Waals surface area contributed by atoms with E-state index in [1.165, 1.54) is 15.9 Å². The topological polar surface area (TPSA) is 47.9 Å². The molecule has 4 nitrogen and oxygen atoms in total. The Balaban J connectivity index is 1.44. The summed E-state index contributed by atoms with van der Waals surface area (Å²) in [7, 11) is -2.72. The van der Waals surface area contributed by atoms with Crippen molar-refractivity contribution >= 4 is 18.7 Å². The van der Waals surface area contributed by atoms with Gasteiger partial charge in [0.15, 0.2) is 0 Å². The zero-order valence-corrected chi connectivity index (χ0v) is 26.2. The molecule has 1 aliphatic rings. The Bertz CT molecular complexity index is 1130. The van der Waals surface area contributed by atoms with Gasteiger partial charge in [-0.3, -0.25) is 0 Å². The molecular weight excluding hydrogens is 524 g/mol. The van der Waals surface area contributed by atoms with Crippen molar-refractivity contribution in [3.63, 3.8) is 0 Å². The van der Waals surface area contributed by atoms with E-state index in [0.717, 1.165) is 25.7 Å². The smallest absolute Gasteiger partial charge is 0.261 e. The largest absolute Gasteiger partial charge is 0.402 e. The number of aliphatic hydroxyl groups is 1. The zero-order valence-electron chi connectivity index (χ0n) is 25.2. The first kappa shape index (κ1) is 31.4. The van der Waals surface area contributed by atoms with Gasteiger partial charge in [0.1, 0.15) is 0 Å². The lowest BCUT2D eigenvalue weighted by Crippen LogP contribution is -2.69. The number of benzene rings is 3. The van der Waals surface area contributed by atoms with Crippen molar-refractivity contribution in [3.8, 4) is 0 Å². The summed E-state index contributed by atoms with van der Waals surface area (Å²) < 4.78 is 19.7. The van der Waals surface area contributed by atoms with E-state index in [0.29, 0.717) is 19.6 Å². The molecule has 0 amide bonds. The molecule has 0 aromatic heterocycles. The average molecular weight is 573 g/mol. The van der Waals surface area contributed by atoms with Crippen molar-refractivity contribution < 1.29 is 19.0 Å². The summed E-state index contributed by atoms with van der Waals surface area (Å²) in [5, 5.41) is 13.3. The van der Waals surface area contributed by atoms with E-state index in [9.17, 15) is 5.11 Å². The SMILES string of the molecule is CC/C=C/C[C@H](O[Si](c1ccccc1)(c1ccccc1)C(C)(C)C)[C@@H]1C[C@H](C(O)CCCOCc2ccccc2)O1. The molecule has 1 aliphatic heterocycles. The summed E-state index contributed by atoms with van der Waals surface area (Å²) in [6, 6.07) is 31.8. The number of hydrogen-bond acceptors (Lipinski definition) is 4. The first-order valence-corrected chi connectivity index (χ1v) is 17.1. The van der Waals surface area contributed by atoms with Crippen LogP contribution < -0.4 is 10.4 Å². The first-order valence-electron chi connectivity index (χ1n) is 15.2. The first-order chi connectivity index (χ1) is 19.8. The minimum atomic E-state index is -2.72. The fraction of sp³-hybridized carbons (Fsp3) is 0.444. The number of rotatable bonds is 15. The van der Waals surface area contributed by atoms with Gasteiger partial charge in [0.2, 0.25) is 0 Å². The maximum absolute atomic E-state index is 10.9. The Hall–Kier alpha value is -2.54. The number of allylic oxidation sites excluding steroid dienone is 1. The molecule has 0 saturated carbocycles. The molecule has 4 rings (SSSR count). The van der Waals surface area contributed by atoms with Crippen LogP contribution in [-0.2, 0) is 20.5 Å². The summed E-state index contributed by atoms with van der Waals surface area (Å²) in [6.07, 6.45) is 7.71. The van der Waals surface area contributed by atoms with Crippen LogP contribution in [0.1, 0.15) is 65.4 Å². The summed E-state index contributed by atoms with van der Waals surface area (Å²) >= 11 is 0. The van der Waals surface area contributed by atoms with Crippen molar-refractivity contribution in [2.75, 3.05) is 6.61 Å². The van der Waals surface area contributed by atoms with Crippen LogP contribution in [0, 0.1) is 0 Å². The minimum absolute atomic E-state index is 0.0489. The normalized spacial score (nSPS) is 19.1. The highest BCUT2D eigenvalue weighted by Crippen LogP contribution is 2.40. The van der Waals surface area contributed by atoms with Gasteiger partial charge in [-0.2, -0.15) is 0 Å². The molecule has 0 bridgehead atoms. The van der Waals surface area contributed by atoms with Crippen LogP contribution >= 0.6 is 0 Å². The van der Waals surface area contributed by atoms with Crippen LogP contribution in [0.5, 0.6) is 0 Å². The molecule has 41 heavy (non-hydrogen) atoms. The third-order valence-corrected chi connectivity index (χ3v) is 13.1. The lowest BCUT2D eigenvalue weighted by atomic mass is 9.92. The van der Waals surface area contributed by atoms with Crippen molar-refractivity contribution in [2.24, 2.45) is 0 Å². The van der Waals surface area contributed by atoms with Crippen LogP contribution in [0.25, 0.3) is 0 Å². The highest BCUT2D eigenvalue weighted by molar-refractivity contribution is 6.99. The van der Waals surface area contributed by atoms with E-state index in [-0.39, 0.29) is 23.4 Å². The standard InChI is InChI=1S/C36H48O4Si/c1-5-6-10-25-33(35-27-34(39-35)32(37)24-17-26-38-28-29-18-11-7-12-19-29)40-41(36(2,3)4,30-20-13-8-14-21-30)31-22-15-9-16-23-31/h6-16,18-23,32-35,37H,5,17,24-28H2,1-4H3/b10-6+/t32?,33-,34+,35-/m0/s1. The highest BCUT2D eigenvalue weighted by Gasteiger charge is 2.53. The Morgan fingerprint density at radius 2 is 1.44 bits per heavy atom. The predicted octanol–water partition coefficient (Wildman–Crippen LogP) is 6.80. The number of aliphatic hydroxyl groups excluding tert-OH is 1. The molecule has 1 N–H and O–H groups in total. The molecule has 0 spiro atoms. The predicted molar refractivity (Wildman–Crippen MR) is 171 cm³/mol. The van der Waals surface area contributed by atoms with Gasteiger partial charge >= 0.3 is 0 Å². The third-order valence-electron chi connectivity index (χ3n) is 8.07. The summed E-state index contributed by atoms with van der Waals surface area (Å²) in [4.78, 5) is 0. The van der Waals surface area contributed by atoms with Crippen LogP contribution in [-0.4, -0.2) is 44.4 Å². The van der Waals surface area contributed by atoms with E-state index in [2.05, 4.69) is 113 Å². The molecule has 0 aliphatic carbocycles. The van der Waals surface area contributed by atoms with Gasteiger partial charge < -0.3 is 19.0 Å². The van der Waals surface area contributed by atoms with Gasteiger partial charge in [-0.15, -0.1) is 0 Å². The van der Waals surface area contributed by atoms with Crippen molar-refractivity contribution in [3.05, 3.63) is 109 Å². The fourth-order valence-corrected chi connectivity index (χ4v) is 10.6. The fourth-order valence-electron chi connectivity index (χ4n) is 5.87. The molecule has 1 fully saturated rings. The lowest BCUT2D eigenvalue weighted by Gasteiger charge is -2.49. The number of hydrogen-bond donors (Lipinski definition) is 1. The molecule has 5 heteroatoms. The zero-order chi connectivity index (χ0) is 29.1. The maximum atomic E-state index is 10.9. The van der Waals surface area contributed by atoms with Crippen molar-refractivity contribution in [1.82, 2.24) is 0 Å². The molecule has 3 aromatic rings. The van der Waals surface area contributed by atoms with Gasteiger partial charge in [-0.25, -0.2) is 0 Å². The second kappa shape index (κ2) is 15.1. The summed E-state index contributed by atoms with van der Waals surface area (Å²) in [5.41, 5.74) is 1.17. The molecule has 3 aromatic carbocycles. The molecular formula is C36H48O4Si. The summed E-state index contributed by atoms with van der Waals surface area (Å²) in [5.74, 6) is 0. The van der Waals surface area contributed by atoms with Gasteiger partial charge in [0.05, 0.1) is 31.0 Å². The monoisotopic (exact) mass is 572 g/mol. The van der Waals surface area contributed by atoms with Crippen LogP contribution in [0.4, 0.5) is 0 Å². The molecule has 1 saturated heterocycles. The quantitative estimate of drug-likeness (QED) is 0.124. The molecule has 1 heterocycles. The Labute approximate surface area is 248 Å². The van der Waals surface area contributed by atoms with E-state index < -0.39 is 14.4 Å².